The van der Waals surface area contributed by atoms with Gasteiger partial charge in [-0.05, 0) is 60.0 Å². The summed E-state index contributed by atoms with van der Waals surface area (Å²) in [5, 5.41) is 9.85. The van der Waals surface area contributed by atoms with E-state index in [2.05, 4.69) is 15.4 Å². The lowest BCUT2D eigenvalue weighted by molar-refractivity contribution is 0.101. The second-order valence-electron chi connectivity index (χ2n) is 7.13. The summed E-state index contributed by atoms with van der Waals surface area (Å²) in [6, 6.07) is 26.3. The van der Waals surface area contributed by atoms with Gasteiger partial charge in [-0.1, -0.05) is 48.0 Å². The molecule has 1 N–H and O–H groups in total. The molecule has 1 heterocycles. The summed E-state index contributed by atoms with van der Waals surface area (Å²) < 4.78 is 15.0. The first kappa shape index (κ1) is 19.9. The molecule has 5 rings (SSSR count). The third-order valence-corrected chi connectivity index (χ3v) is 5.27. The molecule has 1 amide bonds. The standard InChI is InChI=1S/C25H16ClFN4O/c26-18-10-14-20(15-11-18)31-24(17-8-12-19(27)13-9-17)29-23(30-31)25(32)28-22-7-3-5-16-4-1-2-6-21(16)22/h1-15H,(H,28,32). The zero-order chi connectivity index (χ0) is 22.1. The van der Waals surface area contributed by atoms with Crippen molar-refractivity contribution in [2.45, 2.75) is 0 Å². The maximum atomic E-state index is 13.5. The lowest BCUT2D eigenvalue weighted by Gasteiger charge is -2.07. The van der Waals surface area contributed by atoms with Crippen LogP contribution in [0.5, 0.6) is 0 Å². The first-order valence-corrected chi connectivity index (χ1v) is 10.2. The number of hydrogen-bond donors (Lipinski definition) is 1. The number of carbonyl (C=O) groups excluding carboxylic acids is 1. The van der Waals surface area contributed by atoms with Crippen LogP contribution in [0.25, 0.3) is 27.8 Å². The van der Waals surface area contributed by atoms with Crippen molar-refractivity contribution in [3.05, 3.63) is 108 Å². The van der Waals surface area contributed by atoms with Gasteiger partial charge in [0, 0.05) is 21.7 Å². The zero-order valence-corrected chi connectivity index (χ0v) is 17.4. The minimum absolute atomic E-state index is 0.00721. The summed E-state index contributed by atoms with van der Waals surface area (Å²) in [4.78, 5) is 17.5. The van der Waals surface area contributed by atoms with Crippen LogP contribution in [0.4, 0.5) is 10.1 Å². The highest BCUT2D eigenvalue weighted by molar-refractivity contribution is 6.30. The smallest absolute Gasteiger partial charge is 0.295 e. The number of halogens is 2. The molecule has 0 aliphatic rings. The Morgan fingerprint density at radius 1 is 0.875 bits per heavy atom. The Morgan fingerprint density at radius 3 is 2.38 bits per heavy atom. The van der Waals surface area contributed by atoms with Crippen molar-refractivity contribution in [1.29, 1.82) is 0 Å². The number of carbonyl (C=O) groups is 1. The number of fused-ring (bicyclic) bond motifs is 1. The number of rotatable bonds is 4. The third-order valence-electron chi connectivity index (χ3n) is 5.02. The molecular weight excluding hydrogens is 427 g/mol. The highest BCUT2D eigenvalue weighted by Crippen LogP contribution is 2.25. The molecule has 0 radical (unpaired) electrons. The highest BCUT2D eigenvalue weighted by atomic mass is 35.5. The van der Waals surface area contributed by atoms with Gasteiger partial charge in [-0.2, -0.15) is 0 Å². The zero-order valence-electron chi connectivity index (χ0n) is 16.7. The Labute approximate surface area is 188 Å². The molecule has 0 bridgehead atoms. The lowest BCUT2D eigenvalue weighted by Crippen LogP contribution is -2.14. The van der Waals surface area contributed by atoms with Crippen molar-refractivity contribution in [2.75, 3.05) is 5.32 Å². The van der Waals surface area contributed by atoms with Crippen molar-refractivity contribution < 1.29 is 9.18 Å². The summed E-state index contributed by atoms with van der Waals surface area (Å²) in [6.45, 7) is 0. The van der Waals surface area contributed by atoms with Crippen LogP contribution in [0.1, 0.15) is 10.6 Å². The Hall–Kier alpha value is -4.03. The second-order valence-corrected chi connectivity index (χ2v) is 7.57. The summed E-state index contributed by atoms with van der Waals surface area (Å²) in [5.41, 5.74) is 1.96. The molecule has 5 nitrogen and oxygen atoms in total. The quantitative estimate of drug-likeness (QED) is 0.364. The minimum Gasteiger partial charge on any atom is -0.319 e. The van der Waals surface area contributed by atoms with Gasteiger partial charge in [0.05, 0.1) is 5.69 Å². The summed E-state index contributed by atoms with van der Waals surface area (Å²) in [7, 11) is 0. The molecule has 32 heavy (non-hydrogen) atoms. The SMILES string of the molecule is O=C(Nc1cccc2ccccc12)c1nc(-c2ccc(F)cc2)n(-c2ccc(Cl)cc2)n1. The van der Waals surface area contributed by atoms with Crippen LogP contribution in [-0.4, -0.2) is 20.7 Å². The molecule has 0 spiro atoms. The molecule has 0 saturated carbocycles. The van der Waals surface area contributed by atoms with Gasteiger partial charge in [-0.15, -0.1) is 5.10 Å². The number of anilines is 1. The predicted molar refractivity (Wildman–Crippen MR) is 124 cm³/mol. The Morgan fingerprint density at radius 2 is 1.59 bits per heavy atom. The molecule has 0 aliphatic carbocycles. The molecule has 5 aromatic rings. The van der Waals surface area contributed by atoms with Crippen LogP contribution in [0.2, 0.25) is 5.02 Å². The first-order chi connectivity index (χ1) is 15.6. The van der Waals surface area contributed by atoms with E-state index in [1.54, 1.807) is 41.1 Å². The second kappa shape index (κ2) is 8.24. The topological polar surface area (TPSA) is 59.8 Å². The van der Waals surface area contributed by atoms with Crippen LogP contribution < -0.4 is 5.32 Å². The van der Waals surface area contributed by atoms with Crippen molar-refractivity contribution >= 4 is 34.0 Å². The lowest BCUT2D eigenvalue weighted by atomic mass is 10.1. The average molecular weight is 443 g/mol. The van der Waals surface area contributed by atoms with E-state index in [4.69, 9.17) is 11.6 Å². The van der Waals surface area contributed by atoms with E-state index in [9.17, 15) is 9.18 Å². The van der Waals surface area contributed by atoms with E-state index < -0.39 is 5.91 Å². The fourth-order valence-corrected chi connectivity index (χ4v) is 3.60. The normalized spacial score (nSPS) is 10.9. The van der Waals surface area contributed by atoms with Gasteiger partial charge in [0.15, 0.2) is 5.82 Å². The Kier molecular flexibility index (Phi) is 5.13. The number of benzene rings is 4. The van der Waals surface area contributed by atoms with E-state index in [-0.39, 0.29) is 11.6 Å². The maximum Gasteiger partial charge on any atom is 0.295 e. The summed E-state index contributed by atoms with van der Waals surface area (Å²) in [6.07, 6.45) is 0. The molecule has 156 valence electrons. The van der Waals surface area contributed by atoms with Crippen LogP contribution in [0, 0.1) is 5.82 Å². The van der Waals surface area contributed by atoms with Crippen LogP contribution in [-0.2, 0) is 0 Å². The van der Waals surface area contributed by atoms with Gasteiger partial charge >= 0.3 is 0 Å². The van der Waals surface area contributed by atoms with E-state index in [1.165, 1.54) is 12.1 Å². The monoisotopic (exact) mass is 442 g/mol. The third kappa shape index (κ3) is 3.84. The number of nitrogens with one attached hydrogen (secondary N) is 1. The molecule has 1 aromatic heterocycles. The van der Waals surface area contributed by atoms with Crippen molar-refractivity contribution in [2.24, 2.45) is 0 Å². The van der Waals surface area contributed by atoms with Gasteiger partial charge in [0.1, 0.15) is 5.82 Å². The van der Waals surface area contributed by atoms with Crippen molar-refractivity contribution in [3.63, 3.8) is 0 Å². The predicted octanol–water partition coefficient (Wildman–Crippen LogP) is 6.13. The van der Waals surface area contributed by atoms with Crippen molar-refractivity contribution in [3.8, 4) is 17.1 Å². The molecule has 7 heteroatoms. The Balaban J connectivity index is 1.56. The maximum absolute atomic E-state index is 13.5. The molecule has 4 aromatic carbocycles. The fraction of sp³-hybridized carbons (Fsp3) is 0. The molecule has 0 atom stereocenters. The van der Waals surface area contributed by atoms with Crippen molar-refractivity contribution in [1.82, 2.24) is 14.8 Å². The van der Waals surface area contributed by atoms with Crippen LogP contribution >= 0.6 is 11.6 Å². The van der Waals surface area contributed by atoms with E-state index in [1.807, 2.05) is 42.5 Å². The van der Waals surface area contributed by atoms with Crippen LogP contribution in [0.3, 0.4) is 0 Å². The molecular formula is C25H16ClFN4O. The molecule has 0 saturated heterocycles. The summed E-state index contributed by atoms with van der Waals surface area (Å²) >= 11 is 6.02. The molecule has 0 fully saturated rings. The largest absolute Gasteiger partial charge is 0.319 e. The van der Waals surface area contributed by atoms with Gasteiger partial charge in [0.2, 0.25) is 5.82 Å². The number of aromatic nitrogens is 3. The molecule has 0 unspecified atom stereocenters. The first-order valence-electron chi connectivity index (χ1n) is 9.86. The van der Waals surface area contributed by atoms with Gasteiger partial charge in [0.25, 0.3) is 5.91 Å². The Bertz CT molecular complexity index is 1360. The molecule has 0 aliphatic heterocycles. The van der Waals surface area contributed by atoms with Gasteiger partial charge < -0.3 is 5.32 Å². The van der Waals surface area contributed by atoms with Crippen LogP contribution in [0.15, 0.2) is 91.0 Å². The van der Waals surface area contributed by atoms with E-state index >= 15 is 0 Å². The average Bonchev–Trinajstić information content (AvgIpc) is 3.26. The summed E-state index contributed by atoms with van der Waals surface area (Å²) in [5.74, 6) is -0.403. The van der Waals surface area contributed by atoms with E-state index in [0.29, 0.717) is 27.8 Å². The van der Waals surface area contributed by atoms with E-state index in [0.717, 1.165) is 10.8 Å². The van der Waals surface area contributed by atoms with Gasteiger partial charge in [-0.3, -0.25) is 4.79 Å². The fourth-order valence-electron chi connectivity index (χ4n) is 3.47. The van der Waals surface area contributed by atoms with Gasteiger partial charge in [-0.25, -0.2) is 14.1 Å². The number of amides is 1. The minimum atomic E-state index is -0.447. The number of nitrogens with zero attached hydrogens (tertiary/aromatic N) is 3. The highest BCUT2D eigenvalue weighted by Gasteiger charge is 2.19. The number of hydrogen-bond acceptors (Lipinski definition) is 3.